The largest absolute Gasteiger partial charge is 0.375 e. The number of nitrogens with two attached hydrogens (primary N) is 1. The van der Waals surface area contributed by atoms with Crippen molar-refractivity contribution in [3.63, 3.8) is 0 Å². The highest BCUT2D eigenvalue weighted by Gasteiger charge is 2.12. The first kappa shape index (κ1) is 16.3. The van der Waals surface area contributed by atoms with Crippen molar-refractivity contribution in [2.75, 3.05) is 11.5 Å². The molecule has 0 fully saturated rings. The molecule has 1 aromatic carbocycles. The normalized spacial score (nSPS) is 12.1. The molecule has 0 aliphatic heterocycles. The zero-order valence-corrected chi connectivity index (χ0v) is 14.9. The topological polar surface area (TPSA) is 68.0 Å². The summed E-state index contributed by atoms with van der Waals surface area (Å²) < 4.78 is 2.03. The summed E-state index contributed by atoms with van der Waals surface area (Å²) in [7, 11) is 0. The van der Waals surface area contributed by atoms with E-state index in [1.807, 2.05) is 38.1 Å². The summed E-state index contributed by atoms with van der Waals surface area (Å²) in [5.41, 5.74) is 7.61. The predicted molar refractivity (Wildman–Crippen MR) is 92.7 cm³/mol. The summed E-state index contributed by atoms with van der Waals surface area (Å²) in [6.07, 6.45) is 0. The minimum absolute atomic E-state index is 0.00166. The maximum Gasteiger partial charge on any atom is 0.230 e. The number of thioether (sulfide) groups is 1. The van der Waals surface area contributed by atoms with E-state index < -0.39 is 0 Å². The second kappa shape index (κ2) is 7.29. The van der Waals surface area contributed by atoms with Crippen molar-refractivity contribution in [3.8, 4) is 0 Å². The Kier molecular flexibility index (Phi) is 5.66. The van der Waals surface area contributed by atoms with E-state index in [1.54, 1.807) is 0 Å². The second-order valence-corrected chi connectivity index (χ2v) is 7.74. The fourth-order valence-corrected chi connectivity index (χ4v) is 3.88. The monoisotopic (exact) mass is 385 g/mol. The summed E-state index contributed by atoms with van der Waals surface area (Å²) in [6, 6.07) is 7.91. The van der Waals surface area contributed by atoms with Gasteiger partial charge in [0, 0.05) is 4.47 Å². The average Bonchev–Trinajstić information content (AvgIpc) is 2.75. The summed E-state index contributed by atoms with van der Waals surface area (Å²) >= 11 is 6.29. The SMILES string of the molecule is Cc1nc(N)sc1SCC(=O)NC(C)c1ccc(Br)cc1. The number of carbonyl (C=O) groups excluding carboxylic acids is 1. The molecule has 1 unspecified atom stereocenters. The molecule has 0 bridgehead atoms. The Morgan fingerprint density at radius 1 is 1.48 bits per heavy atom. The van der Waals surface area contributed by atoms with Crippen molar-refractivity contribution in [2.45, 2.75) is 24.1 Å². The number of benzene rings is 1. The van der Waals surface area contributed by atoms with E-state index in [1.165, 1.54) is 23.1 Å². The summed E-state index contributed by atoms with van der Waals surface area (Å²) in [5.74, 6) is 0.366. The van der Waals surface area contributed by atoms with Crippen LogP contribution >= 0.6 is 39.0 Å². The Morgan fingerprint density at radius 3 is 2.71 bits per heavy atom. The molecule has 2 aromatic rings. The zero-order valence-electron chi connectivity index (χ0n) is 11.7. The van der Waals surface area contributed by atoms with Crippen LogP contribution in [-0.4, -0.2) is 16.6 Å². The molecule has 1 heterocycles. The number of hydrogen-bond donors (Lipinski definition) is 2. The van der Waals surface area contributed by atoms with Gasteiger partial charge in [-0.05, 0) is 31.5 Å². The van der Waals surface area contributed by atoms with Gasteiger partial charge in [0.2, 0.25) is 5.91 Å². The van der Waals surface area contributed by atoms with Gasteiger partial charge >= 0.3 is 0 Å². The number of anilines is 1. The summed E-state index contributed by atoms with van der Waals surface area (Å²) in [4.78, 5) is 16.1. The van der Waals surface area contributed by atoms with E-state index in [2.05, 4.69) is 26.2 Å². The van der Waals surface area contributed by atoms with Crippen LogP contribution in [0.3, 0.4) is 0 Å². The van der Waals surface area contributed by atoms with Gasteiger partial charge < -0.3 is 11.1 Å². The quantitative estimate of drug-likeness (QED) is 0.768. The van der Waals surface area contributed by atoms with Crippen LogP contribution in [0.25, 0.3) is 0 Å². The first-order valence-electron chi connectivity index (χ1n) is 6.36. The number of carbonyl (C=O) groups is 1. The van der Waals surface area contributed by atoms with Crippen LogP contribution in [0.4, 0.5) is 5.13 Å². The van der Waals surface area contributed by atoms with E-state index in [4.69, 9.17) is 5.73 Å². The number of aromatic nitrogens is 1. The van der Waals surface area contributed by atoms with Gasteiger partial charge in [-0.15, -0.1) is 11.8 Å². The Hall–Kier alpha value is -1.05. The van der Waals surface area contributed by atoms with E-state index in [9.17, 15) is 4.79 Å². The fraction of sp³-hybridized carbons (Fsp3) is 0.286. The average molecular weight is 386 g/mol. The van der Waals surface area contributed by atoms with Gasteiger partial charge in [0.15, 0.2) is 5.13 Å². The Morgan fingerprint density at radius 2 is 2.14 bits per heavy atom. The van der Waals surface area contributed by atoms with Gasteiger partial charge in [0.25, 0.3) is 0 Å². The minimum atomic E-state index is -0.0150. The number of hydrogen-bond acceptors (Lipinski definition) is 5. The van der Waals surface area contributed by atoms with Crippen LogP contribution < -0.4 is 11.1 Å². The predicted octanol–water partition coefficient (Wildman–Crippen LogP) is 3.77. The zero-order chi connectivity index (χ0) is 15.4. The molecule has 2 rings (SSSR count). The maximum atomic E-state index is 12.0. The molecule has 1 atom stereocenters. The molecule has 112 valence electrons. The Bertz CT molecular complexity index is 628. The number of amides is 1. The van der Waals surface area contributed by atoms with Crippen LogP contribution in [0.15, 0.2) is 32.9 Å². The molecule has 1 amide bonds. The molecule has 3 N–H and O–H groups in total. The van der Waals surface area contributed by atoms with Crippen molar-refractivity contribution in [3.05, 3.63) is 40.0 Å². The van der Waals surface area contributed by atoms with Gasteiger partial charge in [-0.25, -0.2) is 4.98 Å². The molecular formula is C14H16BrN3OS2. The van der Waals surface area contributed by atoms with Gasteiger partial charge in [0.1, 0.15) is 0 Å². The smallest absolute Gasteiger partial charge is 0.230 e. The lowest BCUT2D eigenvalue weighted by Gasteiger charge is -2.14. The van der Waals surface area contributed by atoms with Gasteiger partial charge in [-0.3, -0.25) is 4.79 Å². The minimum Gasteiger partial charge on any atom is -0.375 e. The van der Waals surface area contributed by atoms with Crippen LogP contribution in [0.2, 0.25) is 0 Å². The lowest BCUT2D eigenvalue weighted by molar-refractivity contribution is -0.119. The number of nitrogens with zero attached hydrogens (tertiary/aromatic N) is 1. The Labute approximate surface area is 140 Å². The van der Waals surface area contributed by atoms with E-state index >= 15 is 0 Å². The highest BCUT2D eigenvalue weighted by molar-refractivity contribution is 9.10. The van der Waals surface area contributed by atoms with E-state index in [0.717, 1.165) is 19.9 Å². The lowest BCUT2D eigenvalue weighted by atomic mass is 10.1. The van der Waals surface area contributed by atoms with Crippen LogP contribution in [0.1, 0.15) is 24.2 Å². The number of aryl methyl sites for hydroxylation is 1. The number of thiazole rings is 1. The van der Waals surface area contributed by atoms with Gasteiger partial charge in [0.05, 0.1) is 21.7 Å². The van der Waals surface area contributed by atoms with Crippen LogP contribution in [0, 0.1) is 6.92 Å². The molecule has 21 heavy (non-hydrogen) atoms. The maximum absolute atomic E-state index is 12.0. The van der Waals surface area contributed by atoms with Crippen molar-refractivity contribution in [1.29, 1.82) is 0 Å². The molecule has 0 saturated heterocycles. The highest BCUT2D eigenvalue weighted by atomic mass is 79.9. The molecule has 0 radical (unpaired) electrons. The van der Waals surface area contributed by atoms with E-state index in [-0.39, 0.29) is 11.9 Å². The molecule has 0 spiro atoms. The van der Waals surface area contributed by atoms with E-state index in [0.29, 0.717) is 10.9 Å². The standard InChI is InChI=1S/C14H16BrN3OS2/c1-8(10-3-5-11(15)6-4-10)17-12(19)7-20-13-9(2)18-14(16)21-13/h3-6,8H,7H2,1-2H3,(H2,16,18)(H,17,19). The first-order chi connectivity index (χ1) is 9.95. The third kappa shape index (κ3) is 4.72. The van der Waals surface area contributed by atoms with Gasteiger partial charge in [-0.1, -0.05) is 39.4 Å². The summed E-state index contributed by atoms with van der Waals surface area (Å²) in [5, 5.41) is 3.53. The molecule has 0 aliphatic rings. The number of nitrogen functional groups attached to an aromatic ring is 1. The van der Waals surface area contributed by atoms with Crippen molar-refractivity contribution < 1.29 is 4.79 Å². The van der Waals surface area contributed by atoms with Crippen molar-refractivity contribution >= 4 is 50.1 Å². The molecular weight excluding hydrogens is 370 g/mol. The fourth-order valence-electron chi connectivity index (χ4n) is 1.79. The summed E-state index contributed by atoms with van der Waals surface area (Å²) in [6.45, 7) is 3.87. The van der Waals surface area contributed by atoms with Crippen LogP contribution in [-0.2, 0) is 4.79 Å². The number of nitrogens with one attached hydrogen (secondary N) is 1. The Balaban J connectivity index is 1.86. The number of halogens is 1. The second-order valence-electron chi connectivity index (χ2n) is 4.55. The molecule has 0 aliphatic carbocycles. The third-order valence-corrected chi connectivity index (χ3v) is 5.73. The van der Waals surface area contributed by atoms with Crippen molar-refractivity contribution in [2.24, 2.45) is 0 Å². The molecule has 1 aromatic heterocycles. The van der Waals surface area contributed by atoms with Gasteiger partial charge in [-0.2, -0.15) is 0 Å². The highest BCUT2D eigenvalue weighted by Crippen LogP contribution is 2.30. The third-order valence-electron chi connectivity index (χ3n) is 2.85. The van der Waals surface area contributed by atoms with Crippen LogP contribution in [0.5, 0.6) is 0 Å². The molecule has 0 saturated carbocycles. The van der Waals surface area contributed by atoms with Crippen molar-refractivity contribution in [1.82, 2.24) is 10.3 Å². The lowest BCUT2D eigenvalue weighted by Crippen LogP contribution is -2.28. The number of rotatable bonds is 5. The first-order valence-corrected chi connectivity index (χ1v) is 8.95. The molecule has 4 nitrogen and oxygen atoms in total. The molecule has 7 heteroatoms.